The molecule has 0 aliphatic heterocycles. The molecule has 6 heteroatoms. The number of carbonyl (C=O) groups excluding carboxylic acids is 1. The lowest BCUT2D eigenvalue weighted by Gasteiger charge is -2.02. The van der Waals surface area contributed by atoms with Crippen molar-refractivity contribution in [3.8, 4) is 0 Å². The average molecular weight is 273 g/mol. The van der Waals surface area contributed by atoms with Crippen LogP contribution in [0.5, 0.6) is 0 Å². The van der Waals surface area contributed by atoms with Gasteiger partial charge in [0.2, 0.25) is 11.0 Å². The molecule has 1 rings (SSSR count). The summed E-state index contributed by atoms with van der Waals surface area (Å²) < 4.78 is 0.929. The highest BCUT2D eigenvalue weighted by molar-refractivity contribution is 8.01. The minimum absolute atomic E-state index is 0.0151. The maximum absolute atomic E-state index is 11.5. The molecule has 0 saturated carbocycles. The van der Waals surface area contributed by atoms with Gasteiger partial charge in [0.25, 0.3) is 0 Å². The second kappa shape index (κ2) is 7.66. The molecule has 1 aromatic heterocycles. The predicted octanol–water partition coefficient (Wildman–Crippen LogP) is 3.41. The number of anilines is 1. The van der Waals surface area contributed by atoms with E-state index in [4.69, 9.17) is 0 Å². The van der Waals surface area contributed by atoms with Gasteiger partial charge in [-0.1, -0.05) is 50.3 Å². The van der Waals surface area contributed by atoms with Crippen LogP contribution in [0, 0.1) is 5.92 Å². The zero-order valence-electron chi connectivity index (χ0n) is 10.5. The largest absolute Gasteiger partial charge is 0.300 e. The Morgan fingerprint density at radius 1 is 1.47 bits per heavy atom. The molecule has 0 bridgehead atoms. The highest BCUT2D eigenvalue weighted by Crippen LogP contribution is 2.26. The molecule has 0 aromatic carbocycles. The Hall–Kier alpha value is -0.620. The van der Waals surface area contributed by atoms with Crippen LogP contribution in [0.25, 0.3) is 0 Å². The summed E-state index contributed by atoms with van der Waals surface area (Å²) in [5, 5.41) is 11.4. The summed E-state index contributed by atoms with van der Waals surface area (Å²) in [6.07, 6.45) is 2.89. The Bertz CT molecular complexity index is 352. The Balaban J connectivity index is 2.37. The Kier molecular flexibility index (Phi) is 6.50. The molecule has 0 fully saturated rings. The summed E-state index contributed by atoms with van der Waals surface area (Å²) in [5.74, 6) is 1.44. The van der Waals surface area contributed by atoms with E-state index in [2.05, 4.69) is 22.4 Å². The topological polar surface area (TPSA) is 54.9 Å². The second-order valence-electron chi connectivity index (χ2n) is 4.22. The summed E-state index contributed by atoms with van der Waals surface area (Å²) in [4.78, 5) is 11.5. The fourth-order valence-corrected chi connectivity index (χ4v) is 3.09. The molecule has 0 radical (unpaired) electrons. The van der Waals surface area contributed by atoms with Gasteiger partial charge in [0.05, 0.1) is 0 Å². The van der Waals surface area contributed by atoms with Crippen LogP contribution in [0.3, 0.4) is 0 Å². The molecule has 0 atom stereocenters. The first-order valence-corrected chi connectivity index (χ1v) is 7.68. The van der Waals surface area contributed by atoms with Crippen molar-refractivity contribution in [1.82, 2.24) is 10.2 Å². The van der Waals surface area contributed by atoms with Crippen molar-refractivity contribution < 1.29 is 4.79 Å². The van der Waals surface area contributed by atoms with Crippen LogP contribution >= 0.6 is 23.1 Å². The molecule has 0 spiro atoms. The summed E-state index contributed by atoms with van der Waals surface area (Å²) in [5.41, 5.74) is 0. The smallest absolute Gasteiger partial charge is 0.226 e. The van der Waals surface area contributed by atoms with Crippen molar-refractivity contribution in [3.05, 3.63) is 0 Å². The Morgan fingerprint density at radius 3 is 2.88 bits per heavy atom. The third-order valence-electron chi connectivity index (χ3n) is 1.97. The third kappa shape index (κ3) is 6.02. The molecule has 1 heterocycles. The zero-order chi connectivity index (χ0) is 12.7. The first-order chi connectivity index (χ1) is 8.11. The van der Waals surface area contributed by atoms with Crippen molar-refractivity contribution in [1.29, 1.82) is 0 Å². The lowest BCUT2D eigenvalue weighted by molar-refractivity contribution is -0.116. The number of hydrogen-bond acceptors (Lipinski definition) is 5. The van der Waals surface area contributed by atoms with Gasteiger partial charge < -0.3 is 5.32 Å². The molecular formula is C11H19N3OS2. The molecule has 1 N–H and O–H groups in total. The minimum atomic E-state index is 0.0151. The summed E-state index contributed by atoms with van der Waals surface area (Å²) in [6, 6.07) is 0. The van der Waals surface area contributed by atoms with Gasteiger partial charge in [-0.25, -0.2) is 0 Å². The van der Waals surface area contributed by atoms with E-state index in [1.807, 2.05) is 13.8 Å². The van der Waals surface area contributed by atoms with E-state index < -0.39 is 0 Å². The fourth-order valence-electron chi connectivity index (χ4n) is 1.16. The van der Waals surface area contributed by atoms with Crippen LogP contribution in [-0.4, -0.2) is 21.9 Å². The van der Waals surface area contributed by atoms with Crippen LogP contribution in [0.4, 0.5) is 5.13 Å². The standard InChI is InChI=1S/C11H19N3OS2/c1-4-5-6-16-11-14-13-10(17-11)12-9(15)7-8(2)3/h8H,4-7H2,1-3H3,(H,12,13,15). The maximum atomic E-state index is 11.5. The van der Waals surface area contributed by atoms with Gasteiger partial charge in [-0.3, -0.25) is 4.79 Å². The molecular weight excluding hydrogens is 254 g/mol. The van der Waals surface area contributed by atoms with Gasteiger partial charge in [0, 0.05) is 12.2 Å². The van der Waals surface area contributed by atoms with E-state index in [1.165, 1.54) is 24.2 Å². The second-order valence-corrected chi connectivity index (χ2v) is 6.54. The van der Waals surface area contributed by atoms with E-state index in [0.717, 1.165) is 10.1 Å². The van der Waals surface area contributed by atoms with Crippen molar-refractivity contribution in [2.45, 2.75) is 44.4 Å². The van der Waals surface area contributed by atoms with E-state index in [-0.39, 0.29) is 5.91 Å². The van der Waals surface area contributed by atoms with Gasteiger partial charge in [-0.15, -0.1) is 10.2 Å². The highest BCUT2D eigenvalue weighted by atomic mass is 32.2. The molecule has 96 valence electrons. The predicted molar refractivity (Wildman–Crippen MR) is 73.6 cm³/mol. The number of nitrogens with zero attached hydrogens (tertiary/aromatic N) is 2. The van der Waals surface area contributed by atoms with Crippen LogP contribution < -0.4 is 5.32 Å². The molecule has 17 heavy (non-hydrogen) atoms. The van der Waals surface area contributed by atoms with Gasteiger partial charge in [-0.05, 0) is 12.3 Å². The van der Waals surface area contributed by atoms with E-state index in [0.29, 0.717) is 17.5 Å². The number of carbonyl (C=O) groups is 1. The van der Waals surface area contributed by atoms with Gasteiger partial charge in [0.1, 0.15) is 0 Å². The molecule has 1 amide bonds. The summed E-state index contributed by atoms with van der Waals surface area (Å²) >= 11 is 3.15. The van der Waals surface area contributed by atoms with E-state index >= 15 is 0 Å². The monoisotopic (exact) mass is 273 g/mol. The zero-order valence-corrected chi connectivity index (χ0v) is 12.2. The molecule has 0 aliphatic rings. The highest BCUT2D eigenvalue weighted by Gasteiger charge is 2.09. The van der Waals surface area contributed by atoms with Gasteiger partial charge in [-0.2, -0.15) is 0 Å². The van der Waals surface area contributed by atoms with Crippen molar-refractivity contribution in [2.24, 2.45) is 5.92 Å². The number of thioether (sulfide) groups is 1. The number of rotatable bonds is 7. The third-order valence-corrected chi connectivity index (χ3v) is 4.03. The van der Waals surface area contributed by atoms with Crippen LogP contribution in [0.2, 0.25) is 0 Å². The number of aromatic nitrogens is 2. The van der Waals surface area contributed by atoms with Crippen LogP contribution in [0.1, 0.15) is 40.0 Å². The van der Waals surface area contributed by atoms with Gasteiger partial charge in [0.15, 0.2) is 4.34 Å². The maximum Gasteiger partial charge on any atom is 0.226 e. The van der Waals surface area contributed by atoms with Gasteiger partial charge >= 0.3 is 0 Å². The number of nitrogens with one attached hydrogen (secondary N) is 1. The molecule has 0 aliphatic carbocycles. The molecule has 0 unspecified atom stereocenters. The lowest BCUT2D eigenvalue weighted by Crippen LogP contribution is -2.13. The van der Waals surface area contributed by atoms with Crippen LogP contribution in [-0.2, 0) is 4.79 Å². The number of unbranched alkanes of at least 4 members (excludes halogenated alkanes) is 1. The minimum Gasteiger partial charge on any atom is -0.300 e. The quantitative estimate of drug-likeness (QED) is 0.470. The molecule has 1 aromatic rings. The van der Waals surface area contributed by atoms with Crippen LogP contribution in [0.15, 0.2) is 4.34 Å². The molecule has 0 saturated heterocycles. The van der Waals surface area contributed by atoms with E-state index in [9.17, 15) is 4.79 Å². The number of amides is 1. The first-order valence-electron chi connectivity index (χ1n) is 5.88. The van der Waals surface area contributed by atoms with Crippen molar-refractivity contribution in [3.63, 3.8) is 0 Å². The Morgan fingerprint density at radius 2 is 2.24 bits per heavy atom. The summed E-state index contributed by atoms with van der Waals surface area (Å²) in [6.45, 7) is 6.20. The number of hydrogen-bond donors (Lipinski definition) is 1. The first kappa shape index (κ1) is 14.4. The SMILES string of the molecule is CCCCSc1nnc(NC(=O)CC(C)C)s1. The summed E-state index contributed by atoms with van der Waals surface area (Å²) in [7, 11) is 0. The molecule has 4 nitrogen and oxygen atoms in total. The Labute approximate surface area is 111 Å². The lowest BCUT2D eigenvalue weighted by atomic mass is 10.1. The average Bonchev–Trinajstić information content (AvgIpc) is 2.64. The van der Waals surface area contributed by atoms with Crippen molar-refractivity contribution in [2.75, 3.05) is 11.1 Å². The fraction of sp³-hybridized carbons (Fsp3) is 0.727. The normalized spacial score (nSPS) is 10.8. The van der Waals surface area contributed by atoms with E-state index in [1.54, 1.807) is 11.8 Å². The van der Waals surface area contributed by atoms with Crippen molar-refractivity contribution >= 4 is 34.1 Å².